The van der Waals surface area contributed by atoms with E-state index in [0.29, 0.717) is 5.88 Å². The summed E-state index contributed by atoms with van der Waals surface area (Å²) in [6, 6.07) is 1.82. The number of nitrogens with one attached hydrogen (secondary N) is 1. The number of anilines is 1. The van der Waals surface area contributed by atoms with Crippen molar-refractivity contribution in [3.63, 3.8) is 0 Å². The van der Waals surface area contributed by atoms with E-state index in [4.69, 9.17) is 10.2 Å². The number of nitrogen functional groups attached to an aromatic ring is 1. The molecular formula is C14H16N2O2. The molecule has 2 aromatic heterocycles. The van der Waals surface area contributed by atoms with Gasteiger partial charge in [-0.3, -0.25) is 4.79 Å². The van der Waals surface area contributed by atoms with Gasteiger partial charge in [0.1, 0.15) is 5.76 Å². The molecule has 0 spiro atoms. The molecule has 4 nitrogen and oxygen atoms in total. The van der Waals surface area contributed by atoms with Crippen LogP contribution in [0.15, 0.2) is 21.5 Å². The average Bonchev–Trinajstić information content (AvgIpc) is 2.69. The van der Waals surface area contributed by atoms with Crippen LogP contribution in [0.3, 0.4) is 0 Å². The zero-order valence-corrected chi connectivity index (χ0v) is 10.4. The molecule has 3 rings (SSSR count). The molecule has 94 valence electrons. The Morgan fingerprint density at radius 3 is 2.67 bits per heavy atom. The van der Waals surface area contributed by atoms with E-state index in [1.165, 1.54) is 0 Å². The lowest BCUT2D eigenvalue weighted by Crippen LogP contribution is -2.19. The van der Waals surface area contributed by atoms with Crippen molar-refractivity contribution in [3.8, 4) is 11.3 Å². The molecule has 0 unspecified atom stereocenters. The summed E-state index contributed by atoms with van der Waals surface area (Å²) in [5, 5.41) is 0. The number of fused-ring (bicyclic) bond motifs is 1. The van der Waals surface area contributed by atoms with Crippen molar-refractivity contribution < 1.29 is 4.42 Å². The molecule has 4 heteroatoms. The summed E-state index contributed by atoms with van der Waals surface area (Å²) < 4.78 is 5.56. The van der Waals surface area contributed by atoms with E-state index in [-0.39, 0.29) is 5.56 Å². The number of pyridine rings is 1. The first-order valence-electron chi connectivity index (χ1n) is 6.26. The van der Waals surface area contributed by atoms with E-state index in [1.54, 1.807) is 6.20 Å². The van der Waals surface area contributed by atoms with Gasteiger partial charge in [0.15, 0.2) is 5.88 Å². The summed E-state index contributed by atoms with van der Waals surface area (Å²) in [7, 11) is 0. The Morgan fingerprint density at radius 1 is 1.28 bits per heavy atom. The van der Waals surface area contributed by atoms with Crippen molar-refractivity contribution in [3.05, 3.63) is 39.3 Å². The van der Waals surface area contributed by atoms with Crippen LogP contribution >= 0.6 is 0 Å². The predicted octanol–water partition coefficient (Wildman–Crippen LogP) is 2.40. The van der Waals surface area contributed by atoms with E-state index < -0.39 is 0 Å². The van der Waals surface area contributed by atoms with E-state index in [2.05, 4.69) is 4.98 Å². The van der Waals surface area contributed by atoms with Crippen LogP contribution < -0.4 is 11.3 Å². The van der Waals surface area contributed by atoms with Crippen LogP contribution in [0, 0.1) is 6.92 Å². The fraction of sp³-hybridized carbons (Fsp3) is 0.357. The third-order valence-corrected chi connectivity index (χ3v) is 3.60. The number of aromatic amines is 1. The van der Waals surface area contributed by atoms with Crippen LogP contribution in [0.5, 0.6) is 0 Å². The van der Waals surface area contributed by atoms with E-state index in [1.807, 2.05) is 13.0 Å². The summed E-state index contributed by atoms with van der Waals surface area (Å²) in [5.74, 6) is 1.19. The Labute approximate surface area is 105 Å². The maximum atomic E-state index is 11.8. The standard InChI is InChI=1S/C14H16N2O2/c1-8-6-12(15)18-13(8)11-7-16-14(17)10-5-3-2-4-9(10)11/h6-7H,2-5,15H2,1H3,(H,16,17). The van der Waals surface area contributed by atoms with Gasteiger partial charge in [0.2, 0.25) is 0 Å². The highest BCUT2D eigenvalue weighted by atomic mass is 16.4. The second kappa shape index (κ2) is 4.05. The number of H-pyrrole nitrogens is 1. The van der Waals surface area contributed by atoms with Gasteiger partial charge < -0.3 is 15.1 Å². The van der Waals surface area contributed by atoms with Crippen LogP contribution in [0.4, 0.5) is 5.88 Å². The van der Waals surface area contributed by atoms with Crippen LogP contribution in [-0.2, 0) is 12.8 Å². The summed E-state index contributed by atoms with van der Waals surface area (Å²) in [5.41, 5.74) is 9.75. The highest BCUT2D eigenvalue weighted by molar-refractivity contribution is 5.67. The van der Waals surface area contributed by atoms with Gasteiger partial charge in [-0.25, -0.2) is 0 Å². The van der Waals surface area contributed by atoms with Gasteiger partial charge in [0.25, 0.3) is 5.56 Å². The number of aryl methyl sites for hydroxylation is 1. The molecule has 1 aliphatic rings. The molecule has 0 aromatic carbocycles. The first-order chi connectivity index (χ1) is 8.66. The lowest BCUT2D eigenvalue weighted by atomic mass is 9.89. The lowest BCUT2D eigenvalue weighted by Gasteiger charge is -2.17. The quantitative estimate of drug-likeness (QED) is 0.809. The number of aromatic nitrogens is 1. The molecule has 3 N–H and O–H groups in total. The molecule has 2 aromatic rings. The normalized spacial score (nSPS) is 14.5. The van der Waals surface area contributed by atoms with Crippen molar-refractivity contribution >= 4 is 5.88 Å². The van der Waals surface area contributed by atoms with Crippen LogP contribution in [0.25, 0.3) is 11.3 Å². The number of nitrogens with two attached hydrogens (primary N) is 1. The molecule has 0 saturated carbocycles. The number of hydrogen-bond acceptors (Lipinski definition) is 3. The highest BCUT2D eigenvalue weighted by Gasteiger charge is 2.20. The Morgan fingerprint density at radius 2 is 2.00 bits per heavy atom. The molecule has 18 heavy (non-hydrogen) atoms. The van der Waals surface area contributed by atoms with Crippen LogP contribution in [0.2, 0.25) is 0 Å². The largest absolute Gasteiger partial charge is 0.441 e. The Kier molecular flexibility index (Phi) is 2.51. The third kappa shape index (κ3) is 1.65. The highest BCUT2D eigenvalue weighted by Crippen LogP contribution is 2.33. The summed E-state index contributed by atoms with van der Waals surface area (Å²) in [4.78, 5) is 14.6. The Balaban J connectivity index is 2.24. The summed E-state index contributed by atoms with van der Waals surface area (Å²) >= 11 is 0. The zero-order valence-electron chi connectivity index (χ0n) is 10.4. The minimum atomic E-state index is 0.0330. The second-order valence-corrected chi connectivity index (χ2v) is 4.86. The van der Waals surface area contributed by atoms with Gasteiger partial charge in [0, 0.05) is 23.4 Å². The second-order valence-electron chi connectivity index (χ2n) is 4.86. The Bertz CT molecular complexity index is 652. The van der Waals surface area contributed by atoms with Gasteiger partial charge in [-0.2, -0.15) is 0 Å². The summed E-state index contributed by atoms with van der Waals surface area (Å²) in [6.07, 6.45) is 5.75. The maximum Gasteiger partial charge on any atom is 0.251 e. The summed E-state index contributed by atoms with van der Waals surface area (Å²) in [6.45, 7) is 1.97. The number of rotatable bonds is 1. The zero-order chi connectivity index (χ0) is 12.7. The van der Waals surface area contributed by atoms with Crippen molar-refractivity contribution in [2.75, 3.05) is 5.73 Å². The smallest absolute Gasteiger partial charge is 0.251 e. The van der Waals surface area contributed by atoms with Gasteiger partial charge >= 0.3 is 0 Å². The van der Waals surface area contributed by atoms with Gasteiger partial charge in [-0.05, 0) is 43.7 Å². The minimum Gasteiger partial charge on any atom is -0.441 e. The van der Waals surface area contributed by atoms with Crippen molar-refractivity contribution in [1.82, 2.24) is 4.98 Å². The van der Waals surface area contributed by atoms with Crippen molar-refractivity contribution in [2.45, 2.75) is 32.6 Å². The van der Waals surface area contributed by atoms with Crippen LogP contribution in [-0.4, -0.2) is 4.98 Å². The molecule has 0 radical (unpaired) electrons. The molecule has 2 heterocycles. The fourth-order valence-corrected chi connectivity index (χ4v) is 2.74. The predicted molar refractivity (Wildman–Crippen MR) is 70.6 cm³/mol. The maximum absolute atomic E-state index is 11.8. The van der Waals surface area contributed by atoms with Gasteiger partial charge in [0.05, 0.1) is 0 Å². The van der Waals surface area contributed by atoms with E-state index in [9.17, 15) is 4.79 Å². The molecule has 0 saturated heterocycles. The van der Waals surface area contributed by atoms with Gasteiger partial charge in [-0.15, -0.1) is 0 Å². The molecule has 0 atom stereocenters. The van der Waals surface area contributed by atoms with Crippen molar-refractivity contribution in [2.24, 2.45) is 0 Å². The number of hydrogen-bond donors (Lipinski definition) is 2. The monoisotopic (exact) mass is 244 g/mol. The van der Waals surface area contributed by atoms with Crippen LogP contribution in [0.1, 0.15) is 29.5 Å². The first-order valence-corrected chi connectivity index (χ1v) is 6.26. The minimum absolute atomic E-state index is 0.0330. The molecule has 0 fully saturated rings. The van der Waals surface area contributed by atoms with Gasteiger partial charge in [-0.1, -0.05) is 0 Å². The van der Waals surface area contributed by atoms with Crippen molar-refractivity contribution in [1.29, 1.82) is 0 Å². The molecule has 0 amide bonds. The van der Waals surface area contributed by atoms with E-state index in [0.717, 1.165) is 53.7 Å². The fourth-order valence-electron chi connectivity index (χ4n) is 2.74. The first kappa shape index (κ1) is 11.1. The molecule has 0 bridgehead atoms. The molecule has 0 aliphatic heterocycles. The molecule has 1 aliphatic carbocycles. The SMILES string of the molecule is Cc1cc(N)oc1-c1c[nH]c(=O)c2c1CCCC2. The number of furan rings is 1. The topological polar surface area (TPSA) is 72.0 Å². The lowest BCUT2D eigenvalue weighted by molar-refractivity contribution is 0.596. The molecular weight excluding hydrogens is 228 g/mol. The Hall–Kier alpha value is -1.97. The third-order valence-electron chi connectivity index (χ3n) is 3.60. The van der Waals surface area contributed by atoms with E-state index >= 15 is 0 Å². The average molecular weight is 244 g/mol.